The Kier molecular flexibility index (Phi) is 5.91. The smallest absolute Gasteiger partial charge is 0.283 e. The molecule has 0 spiro atoms. The van der Waals surface area contributed by atoms with Crippen molar-refractivity contribution < 1.29 is 5.11 Å². The van der Waals surface area contributed by atoms with E-state index >= 15 is 0 Å². The van der Waals surface area contributed by atoms with Gasteiger partial charge in [0.1, 0.15) is 4.47 Å². The number of nitrogens with zero attached hydrogens (tertiary/aromatic N) is 3. The standard InChI is InChI=1S/C13H21BrN4O2/c1-5-6-18-12(19)11(14)10(7-16-18)15-8-13(2,20)9-17(3)4/h5,7,15,20H,1,6,8-9H2,2-4H3. The van der Waals surface area contributed by atoms with Gasteiger partial charge in [0.2, 0.25) is 0 Å². The fourth-order valence-electron chi connectivity index (χ4n) is 1.86. The lowest BCUT2D eigenvalue weighted by molar-refractivity contribution is 0.0459. The zero-order valence-corrected chi connectivity index (χ0v) is 13.6. The molecule has 0 radical (unpaired) electrons. The van der Waals surface area contributed by atoms with Gasteiger partial charge in [-0.1, -0.05) is 6.08 Å². The van der Waals surface area contributed by atoms with Gasteiger partial charge in [0.05, 0.1) is 24.0 Å². The van der Waals surface area contributed by atoms with Crippen molar-refractivity contribution in [3.63, 3.8) is 0 Å². The third-order valence-corrected chi connectivity index (χ3v) is 3.37. The van der Waals surface area contributed by atoms with E-state index in [4.69, 9.17) is 0 Å². The lowest BCUT2D eigenvalue weighted by atomic mass is 10.1. The predicted molar refractivity (Wildman–Crippen MR) is 84.1 cm³/mol. The molecule has 20 heavy (non-hydrogen) atoms. The zero-order chi connectivity index (χ0) is 15.3. The van der Waals surface area contributed by atoms with Crippen LogP contribution in [-0.4, -0.2) is 52.6 Å². The minimum absolute atomic E-state index is 0.234. The van der Waals surface area contributed by atoms with E-state index in [-0.39, 0.29) is 5.56 Å². The van der Waals surface area contributed by atoms with Crippen molar-refractivity contribution in [3.8, 4) is 0 Å². The highest BCUT2D eigenvalue weighted by Gasteiger charge is 2.21. The van der Waals surface area contributed by atoms with Crippen molar-refractivity contribution in [2.24, 2.45) is 0 Å². The first-order chi connectivity index (χ1) is 9.26. The molecule has 1 unspecified atom stereocenters. The Labute approximate surface area is 127 Å². The summed E-state index contributed by atoms with van der Waals surface area (Å²) in [4.78, 5) is 13.9. The maximum Gasteiger partial charge on any atom is 0.283 e. The van der Waals surface area contributed by atoms with Crippen LogP contribution in [0.25, 0.3) is 0 Å². The van der Waals surface area contributed by atoms with Gasteiger partial charge < -0.3 is 15.3 Å². The molecule has 1 aromatic rings. The van der Waals surface area contributed by atoms with Crippen LogP contribution < -0.4 is 10.9 Å². The van der Waals surface area contributed by atoms with Crippen molar-refractivity contribution in [1.29, 1.82) is 0 Å². The van der Waals surface area contributed by atoms with Crippen LogP contribution in [0.5, 0.6) is 0 Å². The molecular formula is C13H21BrN4O2. The molecule has 6 nitrogen and oxygen atoms in total. The van der Waals surface area contributed by atoms with E-state index in [1.54, 1.807) is 19.2 Å². The minimum Gasteiger partial charge on any atom is -0.387 e. The Balaban J connectivity index is 2.82. The van der Waals surface area contributed by atoms with Crippen molar-refractivity contribution in [3.05, 3.63) is 33.7 Å². The summed E-state index contributed by atoms with van der Waals surface area (Å²) < 4.78 is 1.70. The molecule has 1 aromatic heterocycles. The third kappa shape index (κ3) is 4.73. The van der Waals surface area contributed by atoms with E-state index in [0.717, 1.165) is 0 Å². The first-order valence-corrected chi connectivity index (χ1v) is 7.03. The summed E-state index contributed by atoms with van der Waals surface area (Å²) in [6.45, 7) is 6.50. The Hall–Kier alpha value is -1.18. The second kappa shape index (κ2) is 7.01. The maximum absolute atomic E-state index is 12.0. The Morgan fingerprint density at radius 1 is 1.65 bits per heavy atom. The average molecular weight is 345 g/mol. The number of halogens is 1. The van der Waals surface area contributed by atoms with Gasteiger partial charge in [-0.3, -0.25) is 4.79 Å². The monoisotopic (exact) mass is 344 g/mol. The van der Waals surface area contributed by atoms with Gasteiger partial charge in [0.15, 0.2) is 0 Å². The number of aromatic nitrogens is 2. The highest BCUT2D eigenvalue weighted by Crippen LogP contribution is 2.17. The van der Waals surface area contributed by atoms with E-state index in [1.165, 1.54) is 4.68 Å². The Morgan fingerprint density at radius 2 is 2.30 bits per heavy atom. The molecule has 2 N–H and O–H groups in total. The number of hydrogen-bond donors (Lipinski definition) is 2. The summed E-state index contributed by atoms with van der Waals surface area (Å²) in [6.07, 6.45) is 3.16. The number of anilines is 1. The quantitative estimate of drug-likeness (QED) is 0.719. The molecule has 0 aliphatic rings. The fourth-order valence-corrected chi connectivity index (χ4v) is 2.31. The highest BCUT2D eigenvalue weighted by molar-refractivity contribution is 9.10. The van der Waals surface area contributed by atoms with Crippen molar-refractivity contribution in [1.82, 2.24) is 14.7 Å². The number of likely N-dealkylation sites (N-methyl/N-ethyl adjacent to an activating group) is 1. The molecule has 0 aliphatic heterocycles. The second-order valence-corrected chi connectivity index (χ2v) is 6.03. The molecule has 0 aromatic carbocycles. The molecular weight excluding hydrogens is 324 g/mol. The first-order valence-electron chi connectivity index (χ1n) is 6.24. The molecule has 1 heterocycles. The molecule has 0 fully saturated rings. The molecule has 1 rings (SSSR count). The van der Waals surface area contributed by atoms with Gasteiger partial charge >= 0.3 is 0 Å². The largest absolute Gasteiger partial charge is 0.387 e. The third-order valence-electron chi connectivity index (χ3n) is 2.60. The van der Waals surface area contributed by atoms with Crippen LogP contribution in [0.2, 0.25) is 0 Å². The minimum atomic E-state index is -0.904. The SMILES string of the molecule is C=CCn1ncc(NCC(C)(O)CN(C)C)c(Br)c1=O. The topological polar surface area (TPSA) is 70.4 Å². The van der Waals surface area contributed by atoms with Crippen LogP contribution in [0.15, 0.2) is 28.1 Å². The van der Waals surface area contributed by atoms with E-state index < -0.39 is 5.60 Å². The molecule has 0 saturated heterocycles. The van der Waals surface area contributed by atoms with Gasteiger partial charge in [0, 0.05) is 13.1 Å². The van der Waals surface area contributed by atoms with Crippen LogP contribution in [0.4, 0.5) is 5.69 Å². The summed E-state index contributed by atoms with van der Waals surface area (Å²) in [6, 6.07) is 0. The summed E-state index contributed by atoms with van der Waals surface area (Å²) in [5, 5.41) is 17.3. The molecule has 112 valence electrons. The fraction of sp³-hybridized carbons (Fsp3) is 0.538. The average Bonchev–Trinajstić information content (AvgIpc) is 2.33. The first kappa shape index (κ1) is 16.9. The lowest BCUT2D eigenvalue weighted by Crippen LogP contribution is -2.43. The normalized spacial score (nSPS) is 14.1. The Bertz CT molecular complexity index is 526. The van der Waals surface area contributed by atoms with Crippen molar-refractivity contribution in [2.75, 3.05) is 32.5 Å². The maximum atomic E-state index is 12.0. The van der Waals surface area contributed by atoms with Crippen LogP contribution in [0.1, 0.15) is 6.92 Å². The van der Waals surface area contributed by atoms with E-state index in [0.29, 0.717) is 29.8 Å². The number of aliphatic hydroxyl groups is 1. The number of rotatable bonds is 7. The molecule has 0 saturated carbocycles. The molecule has 1 atom stereocenters. The van der Waals surface area contributed by atoms with Crippen LogP contribution in [0.3, 0.4) is 0 Å². The zero-order valence-electron chi connectivity index (χ0n) is 12.1. The highest BCUT2D eigenvalue weighted by atomic mass is 79.9. The second-order valence-electron chi connectivity index (χ2n) is 5.24. The van der Waals surface area contributed by atoms with Crippen LogP contribution in [-0.2, 0) is 6.54 Å². The van der Waals surface area contributed by atoms with E-state index in [9.17, 15) is 9.90 Å². The van der Waals surface area contributed by atoms with Gasteiger partial charge in [-0.25, -0.2) is 4.68 Å². The van der Waals surface area contributed by atoms with Crippen molar-refractivity contribution >= 4 is 21.6 Å². The summed E-state index contributed by atoms with van der Waals surface area (Å²) in [5.41, 5.74) is -0.574. The Morgan fingerprint density at radius 3 is 2.85 bits per heavy atom. The van der Waals surface area contributed by atoms with Crippen LogP contribution >= 0.6 is 15.9 Å². The van der Waals surface area contributed by atoms with Gasteiger partial charge in [-0.15, -0.1) is 6.58 Å². The van der Waals surface area contributed by atoms with Gasteiger partial charge in [-0.2, -0.15) is 5.10 Å². The number of hydrogen-bond acceptors (Lipinski definition) is 5. The van der Waals surface area contributed by atoms with Crippen molar-refractivity contribution in [2.45, 2.75) is 19.1 Å². The van der Waals surface area contributed by atoms with E-state index in [2.05, 4.69) is 32.9 Å². The number of allylic oxidation sites excluding steroid dienone is 1. The summed E-state index contributed by atoms with van der Waals surface area (Å²) >= 11 is 3.26. The summed E-state index contributed by atoms with van der Waals surface area (Å²) in [5.74, 6) is 0. The molecule has 7 heteroatoms. The summed E-state index contributed by atoms with van der Waals surface area (Å²) in [7, 11) is 3.78. The molecule has 0 amide bonds. The molecule has 0 aliphatic carbocycles. The predicted octanol–water partition coefficient (Wildman–Crippen LogP) is 0.916. The van der Waals surface area contributed by atoms with Gasteiger partial charge in [0.25, 0.3) is 5.56 Å². The number of nitrogens with one attached hydrogen (secondary N) is 1. The van der Waals surface area contributed by atoms with Crippen LogP contribution in [0, 0.1) is 0 Å². The lowest BCUT2D eigenvalue weighted by Gasteiger charge is -2.27. The van der Waals surface area contributed by atoms with Gasteiger partial charge in [-0.05, 0) is 36.9 Å². The van der Waals surface area contributed by atoms with E-state index in [1.807, 2.05) is 19.0 Å². The molecule has 0 bridgehead atoms.